The molecular weight excluding hydrogens is 286 g/mol. The van der Waals surface area contributed by atoms with E-state index in [1.165, 1.54) is 32.1 Å². The van der Waals surface area contributed by atoms with Gasteiger partial charge in [0, 0.05) is 38.2 Å². The predicted molar refractivity (Wildman–Crippen MR) is 95.7 cm³/mol. The van der Waals surface area contributed by atoms with E-state index < -0.39 is 0 Å². The summed E-state index contributed by atoms with van der Waals surface area (Å²) in [5, 5.41) is 0. The van der Waals surface area contributed by atoms with E-state index in [0.717, 1.165) is 44.0 Å². The zero-order valence-electron chi connectivity index (χ0n) is 14.7. The number of amides is 2. The Labute approximate surface area is 140 Å². The maximum atomic E-state index is 12.9. The van der Waals surface area contributed by atoms with Crippen molar-refractivity contribution in [2.45, 2.75) is 58.3 Å². The Bertz CT molecular complexity index is 457. The molecule has 0 spiro atoms. The van der Waals surface area contributed by atoms with Crippen LogP contribution in [-0.2, 0) is 0 Å². The molecule has 23 heavy (non-hydrogen) atoms. The number of hydrogen-bond acceptors (Lipinski definition) is 2. The first-order valence-electron chi connectivity index (χ1n) is 9.15. The topological polar surface area (TPSA) is 36.4 Å². The van der Waals surface area contributed by atoms with Crippen molar-refractivity contribution in [3.05, 3.63) is 24.5 Å². The molecule has 0 saturated heterocycles. The second-order valence-corrected chi connectivity index (χ2v) is 6.68. The molecule has 1 heterocycles. The van der Waals surface area contributed by atoms with Gasteiger partial charge in [-0.25, -0.2) is 4.79 Å². The maximum absolute atomic E-state index is 12.9. The minimum atomic E-state index is 0.112. The van der Waals surface area contributed by atoms with Gasteiger partial charge in [-0.3, -0.25) is 9.88 Å². The summed E-state index contributed by atoms with van der Waals surface area (Å²) in [5.41, 5.74) is 0.907. The van der Waals surface area contributed by atoms with E-state index in [4.69, 9.17) is 0 Å². The Morgan fingerprint density at radius 1 is 1.17 bits per heavy atom. The molecule has 0 aliphatic heterocycles. The van der Waals surface area contributed by atoms with Gasteiger partial charge in [-0.15, -0.1) is 0 Å². The molecule has 0 unspecified atom stereocenters. The molecule has 1 aliphatic rings. The van der Waals surface area contributed by atoms with Crippen LogP contribution in [0.1, 0.15) is 58.3 Å². The van der Waals surface area contributed by atoms with Gasteiger partial charge in [-0.2, -0.15) is 0 Å². The lowest BCUT2D eigenvalue weighted by Gasteiger charge is -2.30. The van der Waals surface area contributed by atoms with Gasteiger partial charge in [-0.05, 0) is 30.9 Å². The van der Waals surface area contributed by atoms with Crippen LogP contribution in [0.5, 0.6) is 0 Å². The fourth-order valence-corrected chi connectivity index (χ4v) is 3.36. The van der Waals surface area contributed by atoms with Crippen molar-refractivity contribution in [3.8, 4) is 0 Å². The zero-order chi connectivity index (χ0) is 16.5. The molecule has 4 nitrogen and oxygen atoms in total. The van der Waals surface area contributed by atoms with Crippen molar-refractivity contribution in [2.75, 3.05) is 25.0 Å². The molecule has 0 radical (unpaired) electrons. The second-order valence-electron chi connectivity index (χ2n) is 6.68. The van der Waals surface area contributed by atoms with Crippen molar-refractivity contribution >= 4 is 11.7 Å². The van der Waals surface area contributed by atoms with Gasteiger partial charge in [0.2, 0.25) is 0 Å². The van der Waals surface area contributed by atoms with E-state index in [1.807, 2.05) is 24.1 Å². The molecule has 2 rings (SSSR count). The van der Waals surface area contributed by atoms with Crippen LogP contribution >= 0.6 is 0 Å². The minimum absolute atomic E-state index is 0.112. The summed E-state index contributed by atoms with van der Waals surface area (Å²) < 4.78 is 0. The molecule has 1 aromatic heterocycles. The Kier molecular flexibility index (Phi) is 7.37. The lowest BCUT2D eigenvalue weighted by atomic mass is 9.87. The molecule has 0 aromatic carbocycles. The summed E-state index contributed by atoms with van der Waals surface area (Å²) in [4.78, 5) is 20.7. The number of hydrogen-bond donors (Lipinski definition) is 0. The summed E-state index contributed by atoms with van der Waals surface area (Å²) in [6, 6.07) is 3.88. The number of carbonyl (C=O) groups is 1. The maximum Gasteiger partial charge on any atom is 0.324 e. The van der Waals surface area contributed by atoms with E-state index in [2.05, 4.69) is 11.9 Å². The molecular formula is C19H31N3O. The Morgan fingerprint density at radius 2 is 1.87 bits per heavy atom. The number of urea groups is 1. The average Bonchev–Trinajstić information content (AvgIpc) is 2.62. The minimum Gasteiger partial charge on any atom is -0.324 e. The van der Waals surface area contributed by atoms with E-state index in [1.54, 1.807) is 17.3 Å². The zero-order valence-corrected chi connectivity index (χ0v) is 14.7. The molecule has 1 saturated carbocycles. The third-order valence-electron chi connectivity index (χ3n) is 4.92. The van der Waals surface area contributed by atoms with Crippen LogP contribution in [0.25, 0.3) is 0 Å². The summed E-state index contributed by atoms with van der Waals surface area (Å²) in [5.74, 6) is 0.812. The fourth-order valence-electron chi connectivity index (χ4n) is 3.36. The molecule has 1 aliphatic carbocycles. The normalized spacial score (nSPS) is 15.4. The first-order valence-corrected chi connectivity index (χ1v) is 9.15. The molecule has 2 amide bonds. The van der Waals surface area contributed by atoms with Crippen molar-refractivity contribution in [1.29, 1.82) is 0 Å². The first kappa shape index (κ1) is 17.8. The molecule has 0 N–H and O–H groups in total. The number of anilines is 1. The van der Waals surface area contributed by atoms with Crippen LogP contribution in [0.4, 0.5) is 10.5 Å². The summed E-state index contributed by atoms with van der Waals surface area (Å²) in [7, 11) is 1.86. The van der Waals surface area contributed by atoms with E-state index in [-0.39, 0.29) is 6.03 Å². The van der Waals surface area contributed by atoms with Gasteiger partial charge in [0.25, 0.3) is 0 Å². The van der Waals surface area contributed by atoms with Crippen molar-refractivity contribution in [1.82, 2.24) is 9.88 Å². The first-order chi connectivity index (χ1) is 11.2. The van der Waals surface area contributed by atoms with Crippen LogP contribution in [0, 0.1) is 5.92 Å². The van der Waals surface area contributed by atoms with Gasteiger partial charge in [0.15, 0.2) is 0 Å². The number of pyridine rings is 1. The second kappa shape index (κ2) is 9.53. The average molecular weight is 317 g/mol. The summed E-state index contributed by atoms with van der Waals surface area (Å²) >= 11 is 0. The number of unbranched alkanes of at least 4 members (excludes halogenated alkanes) is 1. The van der Waals surface area contributed by atoms with Gasteiger partial charge >= 0.3 is 6.03 Å². The SMILES string of the molecule is CCCCN(CCC1CCCCC1)C(=O)N(C)c1ccncc1. The van der Waals surface area contributed by atoms with Gasteiger partial charge < -0.3 is 4.90 Å². The van der Waals surface area contributed by atoms with E-state index in [0.29, 0.717) is 0 Å². The highest BCUT2D eigenvalue weighted by Gasteiger charge is 2.21. The van der Waals surface area contributed by atoms with Crippen molar-refractivity contribution in [3.63, 3.8) is 0 Å². The molecule has 128 valence electrons. The predicted octanol–water partition coefficient (Wildman–Crippen LogP) is 4.71. The number of aromatic nitrogens is 1. The Hall–Kier alpha value is -1.58. The monoisotopic (exact) mass is 317 g/mol. The van der Waals surface area contributed by atoms with Crippen LogP contribution in [0.15, 0.2) is 24.5 Å². The number of nitrogens with zero attached hydrogens (tertiary/aromatic N) is 3. The quantitative estimate of drug-likeness (QED) is 0.730. The molecule has 1 fully saturated rings. The largest absolute Gasteiger partial charge is 0.324 e. The highest BCUT2D eigenvalue weighted by molar-refractivity contribution is 5.91. The lowest BCUT2D eigenvalue weighted by Crippen LogP contribution is -2.42. The Morgan fingerprint density at radius 3 is 2.52 bits per heavy atom. The Balaban J connectivity index is 1.93. The van der Waals surface area contributed by atoms with Crippen LogP contribution in [0.3, 0.4) is 0 Å². The highest BCUT2D eigenvalue weighted by atomic mass is 16.2. The molecule has 0 atom stereocenters. The molecule has 4 heteroatoms. The van der Waals surface area contributed by atoms with Crippen LogP contribution < -0.4 is 4.90 Å². The standard InChI is InChI=1S/C19H31N3O/c1-3-4-15-22(16-12-17-8-6-5-7-9-17)19(23)21(2)18-10-13-20-14-11-18/h10-11,13-14,17H,3-9,12,15-16H2,1-2H3. The van der Waals surface area contributed by atoms with Gasteiger partial charge in [0.05, 0.1) is 0 Å². The van der Waals surface area contributed by atoms with Gasteiger partial charge in [-0.1, -0.05) is 45.4 Å². The van der Waals surface area contributed by atoms with Crippen LogP contribution in [-0.4, -0.2) is 36.1 Å². The van der Waals surface area contributed by atoms with Gasteiger partial charge in [0.1, 0.15) is 0 Å². The van der Waals surface area contributed by atoms with Crippen molar-refractivity contribution in [2.24, 2.45) is 5.92 Å². The number of carbonyl (C=O) groups excluding carboxylic acids is 1. The third-order valence-corrected chi connectivity index (χ3v) is 4.92. The lowest BCUT2D eigenvalue weighted by molar-refractivity contribution is 0.196. The van der Waals surface area contributed by atoms with E-state index >= 15 is 0 Å². The molecule has 0 bridgehead atoms. The highest BCUT2D eigenvalue weighted by Crippen LogP contribution is 2.26. The van der Waals surface area contributed by atoms with Crippen LogP contribution in [0.2, 0.25) is 0 Å². The summed E-state index contributed by atoms with van der Waals surface area (Å²) in [6.45, 7) is 3.92. The number of rotatable bonds is 7. The molecule has 1 aromatic rings. The third kappa shape index (κ3) is 5.52. The smallest absolute Gasteiger partial charge is 0.324 e. The summed E-state index contributed by atoms with van der Waals surface area (Å²) in [6.07, 6.45) is 13.6. The fraction of sp³-hybridized carbons (Fsp3) is 0.684. The van der Waals surface area contributed by atoms with Crippen molar-refractivity contribution < 1.29 is 4.79 Å². The van der Waals surface area contributed by atoms with E-state index in [9.17, 15) is 4.79 Å².